The normalized spacial score (nSPS) is 28.7. The largest absolute Gasteiger partial charge is 0.414 e. The van der Waals surface area contributed by atoms with E-state index in [1.807, 2.05) is 0 Å². The van der Waals surface area contributed by atoms with Crippen LogP contribution in [-0.2, 0) is 4.43 Å². The second-order valence-electron chi connectivity index (χ2n) is 6.02. The van der Waals surface area contributed by atoms with Gasteiger partial charge in [0.05, 0.1) is 0 Å². The van der Waals surface area contributed by atoms with Crippen LogP contribution >= 0.6 is 0 Å². The molecular formula is C11H24O2Si. The minimum absolute atomic E-state index is 0.303. The first-order valence-electron chi connectivity index (χ1n) is 5.55. The molecule has 0 aliphatic heterocycles. The van der Waals surface area contributed by atoms with Gasteiger partial charge >= 0.3 is 0 Å². The number of rotatable bonds is 3. The molecule has 0 aromatic heterocycles. The van der Waals surface area contributed by atoms with E-state index in [4.69, 9.17) is 9.53 Å². The molecule has 0 spiro atoms. The van der Waals surface area contributed by atoms with Gasteiger partial charge in [0.1, 0.15) is 0 Å². The van der Waals surface area contributed by atoms with Crippen LogP contribution in [0.5, 0.6) is 0 Å². The summed E-state index contributed by atoms with van der Waals surface area (Å²) >= 11 is 0. The van der Waals surface area contributed by atoms with E-state index in [1.165, 1.54) is 0 Å². The van der Waals surface area contributed by atoms with Crippen LogP contribution < -0.4 is 0 Å². The minimum atomic E-state index is -1.56. The van der Waals surface area contributed by atoms with Crippen LogP contribution in [-0.4, -0.2) is 26.1 Å². The van der Waals surface area contributed by atoms with E-state index in [0.717, 1.165) is 12.8 Å². The lowest BCUT2D eigenvalue weighted by atomic mass is 9.83. The molecule has 2 nitrogen and oxygen atoms in total. The SMILES string of the molecule is CC(C)(C)[Si](C)(C)O[C@H]1C[C@@H](CO)C1. The molecule has 0 unspecified atom stereocenters. The molecule has 84 valence electrons. The van der Waals surface area contributed by atoms with Crippen molar-refractivity contribution in [3.05, 3.63) is 0 Å². The molecule has 1 aliphatic carbocycles. The van der Waals surface area contributed by atoms with Crippen molar-refractivity contribution in [2.24, 2.45) is 5.92 Å². The molecule has 0 atom stereocenters. The zero-order valence-corrected chi connectivity index (χ0v) is 11.1. The molecule has 0 aromatic rings. The summed E-state index contributed by atoms with van der Waals surface area (Å²) in [5, 5.41) is 9.22. The lowest BCUT2D eigenvalue weighted by Gasteiger charge is -2.44. The summed E-state index contributed by atoms with van der Waals surface area (Å²) in [5.74, 6) is 0.504. The van der Waals surface area contributed by atoms with Crippen LogP contribution in [0.25, 0.3) is 0 Å². The molecule has 1 N–H and O–H groups in total. The molecule has 14 heavy (non-hydrogen) atoms. The number of hydrogen-bond donors (Lipinski definition) is 1. The molecule has 0 amide bonds. The Morgan fingerprint density at radius 1 is 1.29 bits per heavy atom. The second-order valence-corrected chi connectivity index (χ2v) is 10.8. The van der Waals surface area contributed by atoms with Gasteiger partial charge in [0.2, 0.25) is 0 Å². The highest BCUT2D eigenvalue weighted by molar-refractivity contribution is 6.74. The summed E-state index contributed by atoms with van der Waals surface area (Å²) < 4.78 is 6.20. The maximum atomic E-state index is 8.92. The lowest BCUT2D eigenvalue weighted by Crippen LogP contribution is -2.48. The van der Waals surface area contributed by atoms with E-state index in [0.29, 0.717) is 23.7 Å². The molecule has 1 fully saturated rings. The Kier molecular flexibility index (Phi) is 3.44. The smallest absolute Gasteiger partial charge is 0.192 e. The molecule has 0 heterocycles. The van der Waals surface area contributed by atoms with Crippen molar-refractivity contribution in [3.8, 4) is 0 Å². The third-order valence-electron chi connectivity index (χ3n) is 3.72. The fourth-order valence-corrected chi connectivity index (χ4v) is 2.89. The number of aliphatic hydroxyl groups excluding tert-OH is 1. The van der Waals surface area contributed by atoms with E-state index < -0.39 is 8.32 Å². The topological polar surface area (TPSA) is 29.5 Å². The van der Waals surface area contributed by atoms with Crippen LogP contribution in [0.1, 0.15) is 33.6 Å². The average Bonchev–Trinajstić information content (AvgIpc) is 1.93. The minimum Gasteiger partial charge on any atom is -0.414 e. The van der Waals surface area contributed by atoms with E-state index >= 15 is 0 Å². The quantitative estimate of drug-likeness (QED) is 0.735. The van der Waals surface area contributed by atoms with Gasteiger partial charge in [-0.05, 0) is 36.9 Å². The molecule has 1 aliphatic rings. The van der Waals surface area contributed by atoms with E-state index in [-0.39, 0.29) is 0 Å². The molecule has 0 aromatic carbocycles. The Bertz CT molecular complexity index is 190. The van der Waals surface area contributed by atoms with Gasteiger partial charge in [0.25, 0.3) is 0 Å². The third kappa shape index (κ3) is 2.58. The summed E-state index contributed by atoms with van der Waals surface area (Å²) in [7, 11) is -1.56. The number of aliphatic hydroxyl groups is 1. The molecule has 1 saturated carbocycles. The van der Waals surface area contributed by atoms with Crippen LogP contribution in [0.3, 0.4) is 0 Å². The van der Waals surface area contributed by atoms with Crippen molar-refractivity contribution >= 4 is 8.32 Å². The Morgan fingerprint density at radius 2 is 1.79 bits per heavy atom. The lowest BCUT2D eigenvalue weighted by molar-refractivity contribution is 0.0232. The highest BCUT2D eigenvalue weighted by Crippen LogP contribution is 2.41. The molecule has 3 heteroatoms. The number of hydrogen-bond acceptors (Lipinski definition) is 2. The Morgan fingerprint density at radius 3 is 2.14 bits per heavy atom. The summed E-state index contributed by atoms with van der Waals surface area (Å²) in [6.45, 7) is 11.7. The molecule has 0 radical (unpaired) electrons. The maximum absolute atomic E-state index is 8.92. The Balaban J connectivity index is 2.38. The van der Waals surface area contributed by atoms with Crippen LogP contribution in [0.15, 0.2) is 0 Å². The highest BCUT2D eigenvalue weighted by atomic mass is 28.4. The fraction of sp³-hybridized carbons (Fsp3) is 1.00. The van der Waals surface area contributed by atoms with Crippen LogP contribution in [0.2, 0.25) is 18.1 Å². The van der Waals surface area contributed by atoms with Gasteiger partial charge in [-0.15, -0.1) is 0 Å². The predicted octanol–water partition coefficient (Wildman–Crippen LogP) is 2.78. The molecule has 1 rings (SSSR count). The summed E-state index contributed by atoms with van der Waals surface area (Å²) in [4.78, 5) is 0. The van der Waals surface area contributed by atoms with Crippen molar-refractivity contribution in [3.63, 3.8) is 0 Å². The van der Waals surface area contributed by atoms with E-state index in [1.54, 1.807) is 0 Å². The van der Waals surface area contributed by atoms with Crippen LogP contribution in [0, 0.1) is 5.92 Å². The fourth-order valence-electron chi connectivity index (χ4n) is 1.51. The van der Waals surface area contributed by atoms with E-state index in [2.05, 4.69) is 33.9 Å². The van der Waals surface area contributed by atoms with Crippen molar-refractivity contribution in [2.75, 3.05) is 6.61 Å². The molecular weight excluding hydrogens is 192 g/mol. The summed E-state index contributed by atoms with van der Waals surface area (Å²) in [6, 6.07) is 0. The first kappa shape index (κ1) is 12.2. The first-order chi connectivity index (χ1) is 6.26. The molecule has 0 bridgehead atoms. The average molecular weight is 216 g/mol. The maximum Gasteiger partial charge on any atom is 0.192 e. The summed E-state index contributed by atoms with van der Waals surface area (Å²) in [6.07, 6.45) is 2.54. The van der Waals surface area contributed by atoms with Crippen molar-refractivity contribution < 1.29 is 9.53 Å². The van der Waals surface area contributed by atoms with Gasteiger partial charge < -0.3 is 9.53 Å². The predicted molar refractivity (Wildman–Crippen MR) is 61.9 cm³/mol. The zero-order valence-electron chi connectivity index (χ0n) is 10.1. The zero-order chi connectivity index (χ0) is 11.0. The van der Waals surface area contributed by atoms with Gasteiger partial charge in [-0.2, -0.15) is 0 Å². The first-order valence-corrected chi connectivity index (χ1v) is 8.46. The van der Waals surface area contributed by atoms with Crippen molar-refractivity contribution in [1.82, 2.24) is 0 Å². The Labute approximate surface area is 88.8 Å². The standard InChI is InChI=1S/C11H24O2Si/c1-11(2,3)14(4,5)13-10-6-9(7-10)8-12/h9-10,12H,6-8H2,1-5H3/t9-,10+. The highest BCUT2D eigenvalue weighted by Gasteiger charge is 2.42. The van der Waals surface area contributed by atoms with Crippen molar-refractivity contribution in [2.45, 2.75) is 57.8 Å². The van der Waals surface area contributed by atoms with Gasteiger partial charge in [-0.25, -0.2) is 0 Å². The van der Waals surface area contributed by atoms with Crippen molar-refractivity contribution in [1.29, 1.82) is 0 Å². The van der Waals surface area contributed by atoms with Gasteiger partial charge in [-0.1, -0.05) is 20.8 Å². The second kappa shape index (κ2) is 3.95. The van der Waals surface area contributed by atoms with Gasteiger partial charge in [0, 0.05) is 12.7 Å². The molecule has 0 saturated heterocycles. The van der Waals surface area contributed by atoms with Gasteiger partial charge in [0.15, 0.2) is 8.32 Å². The van der Waals surface area contributed by atoms with E-state index in [9.17, 15) is 0 Å². The van der Waals surface area contributed by atoms with Crippen LogP contribution in [0.4, 0.5) is 0 Å². The third-order valence-corrected chi connectivity index (χ3v) is 8.25. The Hall–Kier alpha value is 0.137. The monoisotopic (exact) mass is 216 g/mol. The van der Waals surface area contributed by atoms with Gasteiger partial charge in [-0.3, -0.25) is 0 Å². The summed E-state index contributed by atoms with van der Waals surface area (Å²) in [5.41, 5.74) is 0.